The van der Waals surface area contributed by atoms with Crippen LogP contribution in [0.1, 0.15) is 39.5 Å². The Bertz CT molecular complexity index is 382. The minimum atomic E-state index is -2.81. The van der Waals surface area contributed by atoms with E-state index < -0.39 is 9.84 Å². The summed E-state index contributed by atoms with van der Waals surface area (Å²) in [6, 6.07) is 0.526. The molecular formula is C13H26N2O2S. The molecule has 0 radical (unpaired) electrons. The van der Waals surface area contributed by atoms with E-state index >= 15 is 0 Å². The fourth-order valence-electron chi connectivity index (χ4n) is 3.27. The Labute approximate surface area is 111 Å². The molecular weight excluding hydrogens is 248 g/mol. The van der Waals surface area contributed by atoms with E-state index in [1.54, 1.807) is 0 Å². The molecule has 0 saturated carbocycles. The van der Waals surface area contributed by atoms with Crippen LogP contribution >= 0.6 is 0 Å². The molecule has 4 nitrogen and oxygen atoms in total. The molecule has 2 aliphatic heterocycles. The first-order chi connectivity index (χ1) is 8.45. The molecule has 1 N–H and O–H groups in total. The van der Waals surface area contributed by atoms with Gasteiger partial charge in [0.25, 0.3) is 0 Å². The summed E-state index contributed by atoms with van der Waals surface area (Å²) in [5.74, 6) is 0.713. The Balaban J connectivity index is 2.06. The molecule has 5 heteroatoms. The van der Waals surface area contributed by atoms with Gasteiger partial charge >= 0.3 is 0 Å². The first-order valence-electron chi connectivity index (χ1n) is 7.14. The quantitative estimate of drug-likeness (QED) is 0.835. The maximum absolute atomic E-state index is 11.7. The summed E-state index contributed by atoms with van der Waals surface area (Å²) >= 11 is 0. The van der Waals surface area contributed by atoms with Crippen LogP contribution in [0, 0.1) is 0 Å². The zero-order valence-electron chi connectivity index (χ0n) is 11.6. The highest BCUT2D eigenvalue weighted by molar-refractivity contribution is 7.91. The molecule has 2 unspecified atom stereocenters. The highest BCUT2D eigenvalue weighted by atomic mass is 32.2. The van der Waals surface area contributed by atoms with Gasteiger partial charge in [0.15, 0.2) is 9.84 Å². The molecule has 2 atom stereocenters. The predicted molar refractivity (Wildman–Crippen MR) is 74.6 cm³/mol. The van der Waals surface area contributed by atoms with Gasteiger partial charge in [-0.15, -0.1) is 0 Å². The van der Waals surface area contributed by atoms with Gasteiger partial charge in [-0.2, -0.15) is 0 Å². The Hall–Kier alpha value is -0.130. The maximum atomic E-state index is 11.7. The topological polar surface area (TPSA) is 49.4 Å². The van der Waals surface area contributed by atoms with E-state index in [1.165, 1.54) is 12.8 Å². The molecule has 0 aromatic carbocycles. The second-order valence-corrected chi connectivity index (χ2v) is 8.26. The molecule has 2 aliphatic rings. The highest BCUT2D eigenvalue weighted by Crippen LogP contribution is 2.30. The molecule has 0 aromatic heterocycles. The normalized spacial score (nSPS) is 37.6. The van der Waals surface area contributed by atoms with Crippen molar-refractivity contribution in [1.29, 1.82) is 0 Å². The number of nitrogens with zero attached hydrogens (tertiary/aromatic N) is 1. The summed E-state index contributed by atoms with van der Waals surface area (Å²) in [7, 11) is -2.81. The highest BCUT2D eigenvalue weighted by Gasteiger charge is 2.43. The van der Waals surface area contributed by atoms with Crippen molar-refractivity contribution < 1.29 is 8.42 Å². The lowest BCUT2D eigenvalue weighted by atomic mass is 9.98. The average Bonchev–Trinajstić information content (AvgIpc) is 2.51. The van der Waals surface area contributed by atoms with Crippen molar-refractivity contribution in [3.8, 4) is 0 Å². The van der Waals surface area contributed by atoms with Gasteiger partial charge in [0.2, 0.25) is 0 Å². The van der Waals surface area contributed by atoms with Gasteiger partial charge in [0.1, 0.15) is 0 Å². The van der Waals surface area contributed by atoms with E-state index in [0.717, 1.165) is 32.5 Å². The third-order valence-electron chi connectivity index (χ3n) is 4.36. The molecule has 2 rings (SSSR count). The van der Waals surface area contributed by atoms with E-state index in [4.69, 9.17) is 0 Å². The van der Waals surface area contributed by atoms with Crippen molar-refractivity contribution in [2.24, 2.45) is 0 Å². The van der Waals surface area contributed by atoms with E-state index in [1.807, 2.05) is 0 Å². The van der Waals surface area contributed by atoms with Gasteiger partial charge in [-0.05, 0) is 39.3 Å². The molecule has 0 spiro atoms. The summed E-state index contributed by atoms with van der Waals surface area (Å²) in [4.78, 5) is 2.43. The van der Waals surface area contributed by atoms with Crippen LogP contribution in [0.3, 0.4) is 0 Å². The summed E-state index contributed by atoms with van der Waals surface area (Å²) in [5, 5.41) is 3.58. The van der Waals surface area contributed by atoms with E-state index in [-0.39, 0.29) is 5.54 Å². The van der Waals surface area contributed by atoms with E-state index in [9.17, 15) is 8.42 Å². The largest absolute Gasteiger partial charge is 0.313 e. The van der Waals surface area contributed by atoms with Gasteiger partial charge in [-0.1, -0.05) is 13.3 Å². The Morgan fingerprint density at radius 1 is 1.44 bits per heavy atom. The van der Waals surface area contributed by atoms with E-state index in [2.05, 4.69) is 24.1 Å². The molecule has 0 bridgehead atoms. The number of hydrogen-bond acceptors (Lipinski definition) is 4. The fraction of sp³-hybridized carbons (Fsp3) is 1.00. The molecule has 18 heavy (non-hydrogen) atoms. The van der Waals surface area contributed by atoms with Crippen LogP contribution in [-0.4, -0.2) is 56.0 Å². The Morgan fingerprint density at radius 2 is 2.22 bits per heavy atom. The first kappa shape index (κ1) is 14.3. The Kier molecular flexibility index (Phi) is 4.34. The smallest absolute Gasteiger partial charge is 0.152 e. The molecule has 2 fully saturated rings. The van der Waals surface area contributed by atoms with Crippen molar-refractivity contribution in [2.45, 2.75) is 51.1 Å². The summed E-state index contributed by atoms with van der Waals surface area (Å²) in [6.45, 7) is 7.42. The van der Waals surface area contributed by atoms with Crippen LogP contribution in [0.2, 0.25) is 0 Å². The van der Waals surface area contributed by atoms with Crippen LogP contribution in [0.4, 0.5) is 0 Å². The summed E-state index contributed by atoms with van der Waals surface area (Å²) in [6.07, 6.45) is 4.28. The number of sulfone groups is 1. The third kappa shape index (κ3) is 3.25. The van der Waals surface area contributed by atoms with Gasteiger partial charge < -0.3 is 5.32 Å². The average molecular weight is 274 g/mol. The van der Waals surface area contributed by atoms with Gasteiger partial charge in [-0.25, -0.2) is 8.42 Å². The zero-order chi connectivity index (χ0) is 13.2. The predicted octanol–water partition coefficient (Wildman–Crippen LogP) is 1.03. The SMILES string of the molecule is CCCC1CN(C2(C)CCS(=O)(=O)C2)CCCN1. The van der Waals surface area contributed by atoms with Gasteiger partial charge in [0, 0.05) is 18.1 Å². The lowest BCUT2D eigenvalue weighted by molar-refractivity contribution is 0.122. The summed E-state index contributed by atoms with van der Waals surface area (Å²) < 4.78 is 23.5. The van der Waals surface area contributed by atoms with Gasteiger partial charge in [0.05, 0.1) is 11.5 Å². The van der Waals surface area contributed by atoms with Gasteiger partial charge in [-0.3, -0.25) is 4.90 Å². The molecule has 0 amide bonds. The molecule has 106 valence electrons. The van der Waals surface area contributed by atoms with E-state index in [0.29, 0.717) is 17.5 Å². The van der Waals surface area contributed by atoms with Crippen molar-refractivity contribution in [1.82, 2.24) is 10.2 Å². The Morgan fingerprint density at radius 3 is 2.83 bits per heavy atom. The van der Waals surface area contributed by atoms with Crippen molar-refractivity contribution in [3.05, 3.63) is 0 Å². The number of rotatable bonds is 3. The van der Waals surface area contributed by atoms with Crippen molar-refractivity contribution in [2.75, 3.05) is 31.1 Å². The molecule has 0 aliphatic carbocycles. The first-order valence-corrected chi connectivity index (χ1v) is 8.96. The standard InChI is InChI=1S/C13H26N2O2S/c1-3-5-12-10-15(8-4-7-14-12)13(2)6-9-18(16,17)11-13/h12,14H,3-11H2,1-2H3. The number of hydrogen-bond donors (Lipinski definition) is 1. The van der Waals surface area contributed by atoms with Crippen LogP contribution in [0.5, 0.6) is 0 Å². The lowest BCUT2D eigenvalue weighted by Gasteiger charge is -2.38. The van der Waals surface area contributed by atoms with Crippen LogP contribution < -0.4 is 5.32 Å². The minimum absolute atomic E-state index is 0.128. The second-order valence-electron chi connectivity index (χ2n) is 6.08. The maximum Gasteiger partial charge on any atom is 0.152 e. The monoisotopic (exact) mass is 274 g/mol. The second kappa shape index (κ2) is 5.47. The minimum Gasteiger partial charge on any atom is -0.313 e. The van der Waals surface area contributed by atoms with Crippen molar-refractivity contribution in [3.63, 3.8) is 0 Å². The van der Waals surface area contributed by atoms with Crippen LogP contribution in [-0.2, 0) is 9.84 Å². The third-order valence-corrected chi connectivity index (χ3v) is 6.25. The molecule has 0 aromatic rings. The van der Waals surface area contributed by atoms with Crippen molar-refractivity contribution >= 4 is 9.84 Å². The summed E-state index contributed by atoms with van der Waals surface area (Å²) in [5.41, 5.74) is -0.128. The lowest BCUT2D eigenvalue weighted by Crippen LogP contribution is -2.51. The zero-order valence-corrected chi connectivity index (χ0v) is 12.4. The fourth-order valence-corrected chi connectivity index (χ4v) is 5.44. The molecule has 2 heterocycles. The number of nitrogens with one attached hydrogen (secondary N) is 1. The van der Waals surface area contributed by atoms with Crippen LogP contribution in [0.15, 0.2) is 0 Å². The molecule has 2 saturated heterocycles. The van der Waals surface area contributed by atoms with Crippen LogP contribution in [0.25, 0.3) is 0 Å².